The minimum atomic E-state index is 0.740. The molecule has 1 fully saturated rings. The van der Waals surface area contributed by atoms with E-state index < -0.39 is 0 Å². The maximum absolute atomic E-state index is 4.40. The van der Waals surface area contributed by atoms with Crippen LogP contribution < -0.4 is 0 Å². The second kappa shape index (κ2) is 3.10. The lowest BCUT2D eigenvalue weighted by Crippen LogP contribution is -2.10. The van der Waals surface area contributed by atoms with Gasteiger partial charge < -0.3 is 0 Å². The van der Waals surface area contributed by atoms with Gasteiger partial charge in [-0.3, -0.25) is 4.98 Å². The molecule has 12 heavy (non-hydrogen) atoms. The standard InChI is InChI=1S/C11H13N/c1-2-9-6-7-11(12-8-9)10-4-3-5-10/h2,6-8,10H,1,3-5H2. The van der Waals surface area contributed by atoms with Crippen LogP contribution in [0.5, 0.6) is 0 Å². The summed E-state index contributed by atoms with van der Waals surface area (Å²) < 4.78 is 0. The predicted molar refractivity (Wildman–Crippen MR) is 50.9 cm³/mol. The average molecular weight is 159 g/mol. The van der Waals surface area contributed by atoms with Crippen molar-refractivity contribution in [2.24, 2.45) is 0 Å². The van der Waals surface area contributed by atoms with Gasteiger partial charge in [0, 0.05) is 17.8 Å². The molecule has 0 aromatic carbocycles. The van der Waals surface area contributed by atoms with Gasteiger partial charge in [-0.05, 0) is 24.5 Å². The lowest BCUT2D eigenvalue weighted by molar-refractivity contribution is 0.411. The van der Waals surface area contributed by atoms with Crippen LogP contribution in [-0.2, 0) is 0 Å². The van der Waals surface area contributed by atoms with E-state index in [0.717, 1.165) is 11.5 Å². The molecule has 1 aliphatic carbocycles. The van der Waals surface area contributed by atoms with Gasteiger partial charge in [0.2, 0.25) is 0 Å². The first-order valence-electron chi connectivity index (χ1n) is 4.48. The molecule has 0 unspecified atom stereocenters. The van der Waals surface area contributed by atoms with Crippen LogP contribution in [0.2, 0.25) is 0 Å². The van der Waals surface area contributed by atoms with Gasteiger partial charge in [0.05, 0.1) is 0 Å². The zero-order valence-corrected chi connectivity index (χ0v) is 7.16. The van der Waals surface area contributed by atoms with E-state index in [-0.39, 0.29) is 0 Å². The normalized spacial score (nSPS) is 17.0. The van der Waals surface area contributed by atoms with E-state index in [1.54, 1.807) is 0 Å². The summed E-state index contributed by atoms with van der Waals surface area (Å²) in [7, 11) is 0. The van der Waals surface area contributed by atoms with Crippen molar-refractivity contribution in [3.8, 4) is 0 Å². The molecule has 1 aromatic rings. The van der Waals surface area contributed by atoms with Gasteiger partial charge in [-0.15, -0.1) is 0 Å². The fourth-order valence-corrected chi connectivity index (χ4v) is 1.48. The molecule has 1 aromatic heterocycles. The fourth-order valence-electron chi connectivity index (χ4n) is 1.48. The third-order valence-corrected chi connectivity index (χ3v) is 2.57. The molecular formula is C11H13N. The van der Waals surface area contributed by atoms with Gasteiger partial charge in [0.15, 0.2) is 0 Å². The molecule has 1 saturated carbocycles. The molecular weight excluding hydrogens is 146 g/mol. The molecule has 0 N–H and O–H groups in total. The Morgan fingerprint density at radius 2 is 2.25 bits per heavy atom. The Bertz CT molecular complexity index is 270. The number of pyridine rings is 1. The van der Waals surface area contributed by atoms with Crippen molar-refractivity contribution in [1.29, 1.82) is 0 Å². The molecule has 2 rings (SSSR count). The summed E-state index contributed by atoms with van der Waals surface area (Å²) in [5, 5.41) is 0. The van der Waals surface area contributed by atoms with E-state index >= 15 is 0 Å². The molecule has 0 amide bonds. The molecule has 1 nitrogen and oxygen atoms in total. The van der Waals surface area contributed by atoms with Crippen molar-refractivity contribution in [2.45, 2.75) is 25.2 Å². The Hall–Kier alpha value is -1.11. The van der Waals surface area contributed by atoms with Crippen molar-refractivity contribution in [2.75, 3.05) is 0 Å². The number of nitrogens with zero attached hydrogens (tertiary/aromatic N) is 1. The van der Waals surface area contributed by atoms with Crippen molar-refractivity contribution >= 4 is 6.08 Å². The summed E-state index contributed by atoms with van der Waals surface area (Å²) in [6.45, 7) is 3.70. The van der Waals surface area contributed by atoms with Crippen molar-refractivity contribution < 1.29 is 0 Å². The summed E-state index contributed by atoms with van der Waals surface area (Å²) in [5.74, 6) is 0.740. The van der Waals surface area contributed by atoms with E-state index in [1.807, 2.05) is 12.3 Å². The van der Waals surface area contributed by atoms with Crippen LogP contribution in [-0.4, -0.2) is 4.98 Å². The number of hydrogen-bond donors (Lipinski definition) is 0. The highest BCUT2D eigenvalue weighted by molar-refractivity contribution is 5.45. The second-order valence-corrected chi connectivity index (χ2v) is 3.35. The molecule has 1 heterocycles. The molecule has 1 aliphatic rings. The van der Waals surface area contributed by atoms with Gasteiger partial charge in [0.25, 0.3) is 0 Å². The van der Waals surface area contributed by atoms with Crippen LogP contribution in [0.4, 0.5) is 0 Å². The lowest BCUT2D eigenvalue weighted by atomic mass is 9.82. The van der Waals surface area contributed by atoms with Gasteiger partial charge in [-0.25, -0.2) is 0 Å². The van der Waals surface area contributed by atoms with Gasteiger partial charge in [-0.2, -0.15) is 0 Å². The maximum Gasteiger partial charge on any atom is 0.0434 e. The molecule has 0 saturated heterocycles. The van der Waals surface area contributed by atoms with Gasteiger partial charge in [-0.1, -0.05) is 25.1 Å². The number of hydrogen-bond acceptors (Lipinski definition) is 1. The summed E-state index contributed by atoms with van der Waals surface area (Å²) >= 11 is 0. The van der Waals surface area contributed by atoms with E-state index in [4.69, 9.17) is 0 Å². The first-order valence-corrected chi connectivity index (χ1v) is 4.48. The topological polar surface area (TPSA) is 12.9 Å². The summed E-state index contributed by atoms with van der Waals surface area (Å²) in [6.07, 6.45) is 7.74. The number of aromatic nitrogens is 1. The molecule has 0 atom stereocenters. The SMILES string of the molecule is C=Cc1ccc(C2CCC2)nc1. The molecule has 0 bridgehead atoms. The van der Waals surface area contributed by atoms with Crippen LogP contribution in [0.25, 0.3) is 6.08 Å². The highest BCUT2D eigenvalue weighted by atomic mass is 14.7. The van der Waals surface area contributed by atoms with E-state index in [9.17, 15) is 0 Å². The minimum absolute atomic E-state index is 0.740. The minimum Gasteiger partial charge on any atom is -0.260 e. The van der Waals surface area contributed by atoms with Crippen LogP contribution in [0.3, 0.4) is 0 Å². The van der Waals surface area contributed by atoms with E-state index in [1.165, 1.54) is 25.0 Å². The predicted octanol–water partition coefficient (Wildman–Crippen LogP) is 2.99. The largest absolute Gasteiger partial charge is 0.260 e. The summed E-state index contributed by atoms with van der Waals surface area (Å²) in [5.41, 5.74) is 2.37. The van der Waals surface area contributed by atoms with E-state index in [2.05, 4.69) is 23.7 Å². The third kappa shape index (κ3) is 1.27. The van der Waals surface area contributed by atoms with Crippen LogP contribution in [0.15, 0.2) is 24.9 Å². The van der Waals surface area contributed by atoms with Crippen molar-refractivity contribution in [3.05, 3.63) is 36.2 Å². The van der Waals surface area contributed by atoms with E-state index in [0.29, 0.717) is 0 Å². The number of rotatable bonds is 2. The van der Waals surface area contributed by atoms with Crippen LogP contribution in [0, 0.1) is 0 Å². The highest BCUT2D eigenvalue weighted by Crippen LogP contribution is 2.34. The smallest absolute Gasteiger partial charge is 0.0434 e. The zero-order chi connectivity index (χ0) is 8.39. The van der Waals surface area contributed by atoms with Crippen LogP contribution in [0.1, 0.15) is 36.4 Å². The van der Waals surface area contributed by atoms with Gasteiger partial charge in [0.1, 0.15) is 0 Å². The monoisotopic (exact) mass is 159 g/mol. The Morgan fingerprint density at radius 1 is 1.42 bits per heavy atom. The fraction of sp³-hybridized carbons (Fsp3) is 0.364. The Balaban J connectivity index is 2.18. The van der Waals surface area contributed by atoms with Crippen LogP contribution >= 0.6 is 0 Å². The molecule has 1 heteroatoms. The van der Waals surface area contributed by atoms with Crippen molar-refractivity contribution in [1.82, 2.24) is 4.98 Å². The van der Waals surface area contributed by atoms with Crippen molar-refractivity contribution in [3.63, 3.8) is 0 Å². The van der Waals surface area contributed by atoms with Gasteiger partial charge >= 0.3 is 0 Å². The Labute approximate surface area is 73.1 Å². The second-order valence-electron chi connectivity index (χ2n) is 3.35. The zero-order valence-electron chi connectivity index (χ0n) is 7.16. The highest BCUT2D eigenvalue weighted by Gasteiger charge is 2.19. The quantitative estimate of drug-likeness (QED) is 0.646. The first kappa shape index (κ1) is 7.53. The molecule has 62 valence electrons. The average Bonchev–Trinajstić information content (AvgIpc) is 2.03. The third-order valence-electron chi connectivity index (χ3n) is 2.57. The first-order chi connectivity index (χ1) is 5.90. The summed E-state index contributed by atoms with van der Waals surface area (Å²) in [6, 6.07) is 4.22. The Kier molecular flexibility index (Phi) is 1.94. The molecule has 0 aliphatic heterocycles. The Morgan fingerprint density at radius 3 is 2.67 bits per heavy atom. The lowest BCUT2D eigenvalue weighted by Gasteiger charge is -2.24. The molecule has 0 spiro atoms. The molecule has 0 radical (unpaired) electrons. The maximum atomic E-state index is 4.40. The summed E-state index contributed by atoms with van der Waals surface area (Å²) in [4.78, 5) is 4.40.